The molecule has 0 aliphatic rings. The van der Waals surface area contributed by atoms with E-state index in [9.17, 15) is 9.59 Å². The number of aromatic amines is 1. The third kappa shape index (κ3) is 4.46. The van der Waals surface area contributed by atoms with Gasteiger partial charge in [-0.2, -0.15) is 5.10 Å². The molecular weight excluding hydrogens is 220 g/mol. The van der Waals surface area contributed by atoms with Crippen LogP contribution in [0.5, 0.6) is 0 Å². The van der Waals surface area contributed by atoms with E-state index in [0.29, 0.717) is 18.8 Å². The van der Waals surface area contributed by atoms with Gasteiger partial charge < -0.3 is 5.32 Å². The molecule has 0 aliphatic carbocycles. The Hall–Kier alpha value is -1.56. The number of nitrogens with zero attached hydrogens (tertiary/aromatic N) is 1. The van der Waals surface area contributed by atoms with Gasteiger partial charge in [0, 0.05) is 18.5 Å². The van der Waals surface area contributed by atoms with Crippen molar-refractivity contribution >= 4 is 23.4 Å². The summed E-state index contributed by atoms with van der Waals surface area (Å²) >= 11 is 5.44. The quantitative estimate of drug-likeness (QED) is 0.521. The van der Waals surface area contributed by atoms with Crippen molar-refractivity contribution in [2.75, 3.05) is 17.7 Å². The summed E-state index contributed by atoms with van der Waals surface area (Å²) in [5.74, 6) is 0.787. The molecule has 1 heterocycles. The summed E-state index contributed by atoms with van der Waals surface area (Å²) in [6.45, 7) is 0.499. The molecule has 15 heavy (non-hydrogen) atoms. The summed E-state index contributed by atoms with van der Waals surface area (Å²) < 4.78 is 0. The largest absolute Gasteiger partial charge is 0.338 e. The summed E-state index contributed by atoms with van der Waals surface area (Å²) in [6, 6.07) is 2.32. The van der Waals surface area contributed by atoms with Gasteiger partial charge in [0.05, 0.1) is 0 Å². The summed E-state index contributed by atoms with van der Waals surface area (Å²) in [5, 5.41) is 10.8. The van der Waals surface area contributed by atoms with Gasteiger partial charge >= 0.3 is 6.03 Å². The SMILES string of the molecule is O=C(NCCCCl)Nc1ccc(=O)[nH]n1. The van der Waals surface area contributed by atoms with Crippen molar-refractivity contribution in [2.45, 2.75) is 6.42 Å². The van der Waals surface area contributed by atoms with Crippen molar-refractivity contribution in [3.8, 4) is 0 Å². The van der Waals surface area contributed by atoms with E-state index in [1.807, 2.05) is 0 Å². The molecule has 7 heteroatoms. The number of nitrogens with one attached hydrogen (secondary N) is 3. The Balaban J connectivity index is 2.37. The lowest BCUT2D eigenvalue weighted by atomic mass is 10.5. The topological polar surface area (TPSA) is 86.9 Å². The zero-order valence-electron chi connectivity index (χ0n) is 7.92. The number of alkyl halides is 1. The predicted molar refractivity (Wildman–Crippen MR) is 57.2 cm³/mol. The fraction of sp³-hybridized carbons (Fsp3) is 0.375. The second kappa shape index (κ2) is 6.02. The molecule has 1 aromatic rings. The van der Waals surface area contributed by atoms with Crippen LogP contribution in [-0.2, 0) is 0 Å². The van der Waals surface area contributed by atoms with Crippen molar-refractivity contribution in [2.24, 2.45) is 0 Å². The van der Waals surface area contributed by atoms with Gasteiger partial charge in [0.2, 0.25) is 0 Å². The molecule has 0 saturated carbocycles. The van der Waals surface area contributed by atoms with Gasteiger partial charge in [0.1, 0.15) is 0 Å². The van der Waals surface area contributed by atoms with Gasteiger partial charge in [-0.15, -0.1) is 11.6 Å². The van der Waals surface area contributed by atoms with Gasteiger partial charge in [-0.25, -0.2) is 9.89 Å². The van der Waals surface area contributed by atoms with Gasteiger partial charge in [0.25, 0.3) is 5.56 Å². The molecule has 6 nitrogen and oxygen atoms in total. The number of halogens is 1. The van der Waals surface area contributed by atoms with E-state index in [4.69, 9.17) is 11.6 Å². The highest BCUT2D eigenvalue weighted by atomic mass is 35.5. The van der Waals surface area contributed by atoms with E-state index >= 15 is 0 Å². The van der Waals surface area contributed by atoms with Crippen LogP contribution in [0.4, 0.5) is 10.6 Å². The Bertz CT molecular complexity index is 359. The number of carbonyl (C=O) groups is 1. The molecule has 0 aliphatic heterocycles. The Morgan fingerprint density at radius 3 is 2.93 bits per heavy atom. The van der Waals surface area contributed by atoms with Crippen LogP contribution in [0.1, 0.15) is 6.42 Å². The molecule has 82 valence electrons. The standard InChI is InChI=1S/C8H11ClN4O2/c9-4-1-5-10-8(15)11-6-2-3-7(14)13-12-6/h2-3H,1,4-5H2,(H,13,14)(H2,10,11,12,15). The third-order valence-corrected chi connectivity index (χ3v) is 1.78. The molecule has 3 N–H and O–H groups in total. The lowest BCUT2D eigenvalue weighted by Gasteiger charge is -2.04. The molecule has 0 radical (unpaired) electrons. The van der Waals surface area contributed by atoms with Crippen molar-refractivity contribution < 1.29 is 4.79 Å². The summed E-state index contributed by atoms with van der Waals surface area (Å²) in [7, 11) is 0. The van der Waals surface area contributed by atoms with Gasteiger partial charge in [-0.1, -0.05) is 0 Å². The zero-order chi connectivity index (χ0) is 11.1. The molecule has 1 aromatic heterocycles. The molecule has 0 spiro atoms. The van der Waals surface area contributed by atoms with E-state index in [-0.39, 0.29) is 17.4 Å². The molecule has 0 fully saturated rings. The van der Waals surface area contributed by atoms with Crippen LogP contribution in [0, 0.1) is 0 Å². The Morgan fingerprint density at radius 1 is 1.53 bits per heavy atom. The average Bonchev–Trinajstić information content (AvgIpc) is 2.22. The Kier molecular flexibility index (Phi) is 4.62. The van der Waals surface area contributed by atoms with E-state index < -0.39 is 0 Å². The maximum Gasteiger partial charge on any atom is 0.320 e. The maximum atomic E-state index is 11.2. The number of hydrogen-bond acceptors (Lipinski definition) is 3. The lowest BCUT2D eigenvalue weighted by molar-refractivity contribution is 0.252. The number of amides is 2. The number of aromatic nitrogens is 2. The Labute approximate surface area is 91.0 Å². The second-order valence-corrected chi connectivity index (χ2v) is 3.11. The monoisotopic (exact) mass is 230 g/mol. The van der Waals surface area contributed by atoms with E-state index in [0.717, 1.165) is 0 Å². The summed E-state index contributed by atoms with van der Waals surface area (Å²) in [5.41, 5.74) is -0.317. The van der Waals surface area contributed by atoms with Gasteiger partial charge in [0.15, 0.2) is 5.82 Å². The van der Waals surface area contributed by atoms with Gasteiger partial charge in [-0.3, -0.25) is 10.1 Å². The van der Waals surface area contributed by atoms with Crippen LogP contribution in [0.15, 0.2) is 16.9 Å². The van der Waals surface area contributed by atoms with Crippen LogP contribution in [0.2, 0.25) is 0 Å². The average molecular weight is 231 g/mol. The molecule has 0 saturated heterocycles. The van der Waals surface area contributed by atoms with Crippen LogP contribution >= 0.6 is 11.6 Å². The van der Waals surface area contributed by atoms with Gasteiger partial charge in [-0.05, 0) is 12.5 Å². The van der Waals surface area contributed by atoms with Crippen molar-refractivity contribution in [3.05, 3.63) is 22.5 Å². The first-order valence-corrected chi connectivity index (χ1v) is 4.92. The number of H-pyrrole nitrogens is 1. The molecule has 2 amide bonds. The maximum absolute atomic E-state index is 11.2. The molecule has 1 rings (SSSR count). The first kappa shape index (κ1) is 11.5. The van der Waals surface area contributed by atoms with Crippen LogP contribution in [0.25, 0.3) is 0 Å². The molecule has 0 aromatic carbocycles. The highest BCUT2D eigenvalue weighted by Crippen LogP contribution is 1.94. The minimum atomic E-state index is -0.375. The van der Waals surface area contributed by atoms with Crippen LogP contribution in [0.3, 0.4) is 0 Å². The van der Waals surface area contributed by atoms with E-state index in [2.05, 4.69) is 20.8 Å². The lowest BCUT2D eigenvalue weighted by Crippen LogP contribution is -2.30. The fourth-order valence-corrected chi connectivity index (χ4v) is 0.977. The number of rotatable bonds is 4. The highest BCUT2D eigenvalue weighted by molar-refractivity contribution is 6.17. The zero-order valence-corrected chi connectivity index (χ0v) is 8.67. The van der Waals surface area contributed by atoms with Crippen LogP contribution in [-0.4, -0.2) is 28.7 Å². The minimum absolute atomic E-state index is 0.290. The summed E-state index contributed by atoms with van der Waals surface area (Å²) in [6.07, 6.45) is 0.702. The fourth-order valence-electron chi connectivity index (χ4n) is 0.843. The molecule has 0 atom stereocenters. The van der Waals surface area contributed by atoms with E-state index in [1.54, 1.807) is 0 Å². The molecule has 0 unspecified atom stereocenters. The normalized spacial score (nSPS) is 9.67. The molecule has 0 bridgehead atoms. The first-order valence-electron chi connectivity index (χ1n) is 4.39. The highest BCUT2D eigenvalue weighted by Gasteiger charge is 2.00. The van der Waals surface area contributed by atoms with Crippen molar-refractivity contribution in [1.82, 2.24) is 15.5 Å². The number of anilines is 1. The smallest absolute Gasteiger partial charge is 0.320 e. The predicted octanol–water partition coefficient (Wildman–Crippen LogP) is 0.520. The summed E-state index contributed by atoms with van der Waals surface area (Å²) in [4.78, 5) is 21.8. The van der Waals surface area contributed by atoms with Crippen LogP contribution < -0.4 is 16.2 Å². The minimum Gasteiger partial charge on any atom is -0.338 e. The second-order valence-electron chi connectivity index (χ2n) is 2.73. The van der Waals surface area contributed by atoms with E-state index in [1.165, 1.54) is 12.1 Å². The third-order valence-electron chi connectivity index (χ3n) is 1.52. The molecular formula is C8H11ClN4O2. The number of carbonyl (C=O) groups excluding carboxylic acids is 1. The van der Waals surface area contributed by atoms with Crippen molar-refractivity contribution in [1.29, 1.82) is 0 Å². The van der Waals surface area contributed by atoms with Crippen molar-refractivity contribution in [3.63, 3.8) is 0 Å². The Morgan fingerprint density at radius 2 is 2.33 bits per heavy atom. The first-order chi connectivity index (χ1) is 7.22. The number of urea groups is 1. The number of hydrogen-bond donors (Lipinski definition) is 3.